The highest BCUT2D eigenvalue weighted by atomic mass is 16.1. The van der Waals surface area contributed by atoms with Crippen LogP contribution in [-0.4, -0.2) is 4.98 Å². The number of rotatable bonds is 2. The van der Waals surface area contributed by atoms with E-state index >= 15 is 0 Å². The van der Waals surface area contributed by atoms with Crippen molar-refractivity contribution in [2.24, 2.45) is 11.7 Å². The summed E-state index contributed by atoms with van der Waals surface area (Å²) in [4.78, 5) is 14.5. The Morgan fingerprint density at radius 2 is 2.31 bits per heavy atom. The van der Waals surface area contributed by atoms with Crippen LogP contribution in [0.3, 0.4) is 0 Å². The predicted octanol–water partition coefficient (Wildman–Crippen LogP) is 1.09. The van der Waals surface area contributed by atoms with E-state index in [4.69, 9.17) is 5.73 Å². The lowest BCUT2D eigenvalue weighted by atomic mass is 10.1. The van der Waals surface area contributed by atoms with Crippen molar-refractivity contribution in [3.63, 3.8) is 0 Å². The van der Waals surface area contributed by atoms with Crippen LogP contribution in [0.15, 0.2) is 17.1 Å². The van der Waals surface area contributed by atoms with E-state index in [1.54, 1.807) is 12.3 Å². The zero-order valence-electron chi connectivity index (χ0n) is 7.71. The molecule has 1 aliphatic rings. The topological polar surface area (TPSA) is 58.9 Å². The van der Waals surface area contributed by atoms with Crippen LogP contribution >= 0.6 is 0 Å². The number of aromatic nitrogens is 1. The molecule has 0 aromatic carbocycles. The van der Waals surface area contributed by atoms with Crippen molar-refractivity contribution in [3.05, 3.63) is 33.7 Å². The molecule has 13 heavy (non-hydrogen) atoms. The Balaban J connectivity index is 2.34. The summed E-state index contributed by atoms with van der Waals surface area (Å²) in [5, 5.41) is 0. The van der Waals surface area contributed by atoms with Crippen molar-refractivity contribution in [3.8, 4) is 0 Å². The Morgan fingerprint density at radius 1 is 1.62 bits per heavy atom. The van der Waals surface area contributed by atoms with Gasteiger partial charge in [0.2, 0.25) is 0 Å². The fraction of sp³-hybridized carbons (Fsp3) is 0.500. The maximum Gasteiger partial charge on any atom is 0.186 e. The molecule has 0 spiro atoms. The van der Waals surface area contributed by atoms with Gasteiger partial charge in [0.25, 0.3) is 0 Å². The molecule has 1 atom stereocenters. The van der Waals surface area contributed by atoms with Crippen LogP contribution in [0.1, 0.15) is 30.1 Å². The zero-order valence-corrected chi connectivity index (χ0v) is 7.71. The molecule has 3 heteroatoms. The molecule has 1 fully saturated rings. The van der Waals surface area contributed by atoms with Crippen LogP contribution in [0.4, 0.5) is 0 Å². The number of aromatic amines is 1. The molecule has 0 radical (unpaired) electrons. The van der Waals surface area contributed by atoms with E-state index in [9.17, 15) is 4.79 Å². The van der Waals surface area contributed by atoms with E-state index in [0.717, 1.165) is 24.1 Å². The minimum absolute atomic E-state index is 0.0654. The van der Waals surface area contributed by atoms with Gasteiger partial charge in [0.05, 0.1) is 0 Å². The molecule has 1 aromatic rings. The third-order valence-corrected chi connectivity index (χ3v) is 2.58. The molecule has 1 unspecified atom stereocenters. The molecule has 1 aliphatic carbocycles. The fourth-order valence-electron chi connectivity index (χ4n) is 1.55. The Bertz CT molecular complexity index is 365. The standard InChI is InChI=1S/C10H14N2O/c1-6-4-9(13)8(5-12-6)10(11)7-2-3-7/h4-5,7,10H,2-3,11H2,1H3,(H,12,13). The van der Waals surface area contributed by atoms with Crippen molar-refractivity contribution in [1.82, 2.24) is 4.98 Å². The van der Waals surface area contributed by atoms with E-state index in [-0.39, 0.29) is 11.5 Å². The van der Waals surface area contributed by atoms with E-state index in [2.05, 4.69) is 4.98 Å². The molecule has 2 rings (SSSR count). The van der Waals surface area contributed by atoms with E-state index in [0.29, 0.717) is 5.92 Å². The van der Waals surface area contributed by atoms with Gasteiger partial charge < -0.3 is 10.7 Å². The maximum atomic E-state index is 11.5. The lowest BCUT2D eigenvalue weighted by Crippen LogP contribution is -2.21. The van der Waals surface area contributed by atoms with Crippen LogP contribution in [0.2, 0.25) is 0 Å². The Labute approximate surface area is 77.0 Å². The summed E-state index contributed by atoms with van der Waals surface area (Å²) in [7, 11) is 0. The number of nitrogens with two attached hydrogens (primary N) is 1. The molecule has 3 nitrogen and oxygen atoms in total. The van der Waals surface area contributed by atoms with Gasteiger partial charge in [-0.15, -0.1) is 0 Å². The maximum absolute atomic E-state index is 11.5. The van der Waals surface area contributed by atoms with Gasteiger partial charge in [0.1, 0.15) is 0 Å². The lowest BCUT2D eigenvalue weighted by molar-refractivity contribution is 0.626. The van der Waals surface area contributed by atoms with Gasteiger partial charge in [-0.05, 0) is 25.7 Å². The molecule has 3 N–H and O–H groups in total. The second-order valence-electron chi connectivity index (χ2n) is 3.80. The van der Waals surface area contributed by atoms with Crippen molar-refractivity contribution < 1.29 is 0 Å². The van der Waals surface area contributed by atoms with Gasteiger partial charge in [-0.3, -0.25) is 4.79 Å². The third-order valence-electron chi connectivity index (χ3n) is 2.58. The van der Waals surface area contributed by atoms with Gasteiger partial charge in [0, 0.05) is 29.6 Å². The first kappa shape index (κ1) is 8.51. The molecule has 0 saturated heterocycles. The smallest absolute Gasteiger partial charge is 0.186 e. The molecule has 1 saturated carbocycles. The van der Waals surface area contributed by atoms with Gasteiger partial charge in [-0.1, -0.05) is 0 Å². The number of nitrogens with one attached hydrogen (secondary N) is 1. The fourth-order valence-corrected chi connectivity index (χ4v) is 1.55. The number of pyridine rings is 1. The van der Waals surface area contributed by atoms with Crippen LogP contribution in [0.5, 0.6) is 0 Å². The van der Waals surface area contributed by atoms with Crippen molar-refractivity contribution in [2.45, 2.75) is 25.8 Å². The van der Waals surface area contributed by atoms with Crippen LogP contribution in [0, 0.1) is 12.8 Å². The minimum Gasteiger partial charge on any atom is -0.365 e. The highest BCUT2D eigenvalue weighted by Gasteiger charge is 2.30. The Hall–Kier alpha value is -1.09. The SMILES string of the molecule is Cc1cc(=O)c(C(N)C2CC2)c[nH]1. The molecule has 0 aliphatic heterocycles. The summed E-state index contributed by atoms with van der Waals surface area (Å²) < 4.78 is 0. The first-order chi connectivity index (χ1) is 6.18. The minimum atomic E-state index is -0.0654. The molecule has 0 amide bonds. The van der Waals surface area contributed by atoms with Gasteiger partial charge >= 0.3 is 0 Å². The van der Waals surface area contributed by atoms with E-state index in [1.165, 1.54) is 0 Å². The first-order valence-corrected chi connectivity index (χ1v) is 4.63. The van der Waals surface area contributed by atoms with Gasteiger partial charge in [-0.2, -0.15) is 0 Å². The monoisotopic (exact) mass is 178 g/mol. The normalized spacial score (nSPS) is 18.6. The Kier molecular flexibility index (Phi) is 1.96. The van der Waals surface area contributed by atoms with Gasteiger partial charge in [-0.25, -0.2) is 0 Å². The molecular weight excluding hydrogens is 164 g/mol. The average molecular weight is 178 g/mol. The largest absolute Gasteiger partial charge is 0.365 e. The second kappa shape index (κ2) is 3.00. The lowest BCUT2D eigenvalue weighted by Gasteiger charge is -2.09. The number of H-pyrrole nitrogens is 1. The average Bonchev–Trinajstić information content (AvgIpc) is 2.85. The van der Waals surface area contributed by atoms with Gasteiger partial charge in [0.15, 0.2) is 5.43 Å². The summed E-state index contributed by atoms with van der Waals surface area (Å²) in [6, 6.07) is 1.54. The summed E-state index contributed by atoms with van der Waals surface area (Å²) in [6.07, 6.45) is 4.07. The van der Waals surface area contributed by atoms with Crippen LogP contribution < -0.4 is 11.2 Å². The Morgan fingerprint density at radius 3 is 2.85 bits per heavy atom. The van der Waals surface area contributed by atoms with Crippen molar-refractivity contribution >= 4 is 0 Å². The van der Waals surface area contributed by atoms with E-state index in [1.807, 2.05) is 6.92 Å². The highest BCUT2D eigenvalue weighted by molar-refractivity contribution is 5.19. The number of aryl methyl sites for hydroxylation is 1. The quantitative estimate of drug-likeness (QED) is 0.712. The van der Waals surface area contributed by atoms with Crippen molar-refractivity contribution in [1.29, 1.82) is 0 Å². The van der Waals surface area contributed by atoms with Crippen molar-refractivity contribution in [2.75, 3.05) is 0 Å². The zero-order chi connectivity index (χ0) is 9.42. The second-order valence-corrected chi connectivity index (χ2v) is 3.80. The number of hydrogen-bond acceptors (Lipinski definition) is 2. The summed E-state index contributed by atoms with van der Waals surface area (Å²) in [5.74, 6) is 0.531. The molecular formula is C10H14N2O. The highest BCUT2D eigenvalue weighted by Crippen LogP contribution is 2.38. The predicted molar refractivity (Wildman–Crippen MR) is 51.5 cm³/mol. The summed E-state index contributed by atoms with van der Waals surface area (Å²) in [5.41, 5.74) is 7.61. The number of hydrogen-bond donors (Lipinski definition) is 2. The molecule has 1 heterocycles. The van der Waals surface area contributed by atoms with Crippen LogP contribution in [-0.2, 0) is 0 Å². The van der Waals surface area contributed by atoms with E-state index < -0.39 is 0 Å². The van der Waals surface area contributed by atoms with Crippen LogP contribution in [0.25, 0.3) is 0 Å². The third kappa shape index (κ3) is 1.65. The molecule has 70 valence electrons. The molecule has 0 bridgehead atoms. The first-order valence-electron chi connectivity index (χ1n) is 4.63. The summed E-state index contributed by atoms with van der Waals surface area (Å²) >= 11 is 0. The summed E-state index contributed by atoms with van der Waals surface area (Å²) in [6.45, 7) is 1.87. The molecule has 1 aromatic heterocycles.